The summed E-state index contributed by atoms with van der Waals surface area (Å²) in [5.74, 6) is -1.56. The first-order chi connectivity index (χ1) is 7.30. The molecule has 0 atom stereocenters. The van der Waals surface area contributed by atoms with Gasteiger partial charge in [-0.15, -0.1) is 0 Å². The highest BCUT2D eigenvalue weighted by Crippen LogP contribution is 2.21. The Labute approximate surface area is 93.2 Å². The number of carbonyl (C=O) groups is 1. The molecule has 1 rings (SSSR count). The summed E-state index contributed by atoms with van der Waals surface area (Å²) < 4.78 is 36.3. The predicted molar refractivity (Wildman–Crippen MR) is 53.9 cm³/mol. The molecule has 3 nitrogen and oxygen atoms in total. The molecular weight excluding hydrogens is 221 g/mol. The van der Waals surface area contributed by atoms with Gasteiger partial charge < -0.3 is 9.80 Å². The molecule has 0 aliphatic carbocycles. The minimum Gasteiger partial charge on any atom is -0.338 e. The van der Waals surface area contributed by atoms with Gasteiger partial charge in [0.05, 0.1) is 0 Å². The molecule has 1 aliphatic rings. The summed E-state index contributed by atoms with van der Waals surface area (Å²) in [5.41, 5.74) is 0. The summed E-state index contributed by atoms with van der Waals surface area (Å²) in [6.45, 7) is 1.98. The Morgan fingerprint density at radius 3 is 2.31 bits per heavy atom. The van der Waals surface area contributed by atoms with Crippen LogP contribution in [-0.4, -0.2) is 55.6 Å². The van der Waals surface area contributed by atoms with Crippen molar-refractivity contribution in [3.63, 3.8) is 0 Å². The van der Waals surface area contributed by atoms with Crippen LogP contribution in [0.2, 0.25) is 0 Å². The lowest BCUT2D eigenvalue weighted by Crippen LogP contribution is -2.43. The Balaban J connectivity index is 2.40. The maximum Gasteiger partial charge on any atom is 0.471 e. The molecule has 0 aromatic rings. The quantitative estimate of drug-likeness (QED) is 0.725. The number of amides is 1. The number of halogens is 3. The predicted octanol–water partition coefficient (Wildman–Crippen LogP) is 1.35. The van der Waals surface area contributed by atoms with Gasteiger partial charge in [-0.2, -0.15) is 13.2 Å². The van der Waals surface area contributed by atoms with Crippen molar-refractivity contribution in [2.45, 2.75) is 19.0 Å². The third kappa shape index (κ3) is 3.66. The summed E-state index contributed by atoms with van der Waals surface area (Å²) in [5, 5.41) is 0. The molecular formula is C10H17F3N2O. The Morgan fingerprint density at radius 1 is 1.38 bits per heavy atom. The van der Waals surface area contributed by atoms with E-state index in [9.17, 15) is 18.0 Å². The Morgan fingerprint density at radius 2 is 1.88 bits per heavy atom. The van der Waals surface area contributed by atoms with E-state index in [1.807, 2.05) is 7.05 Å². The van der Waals surface area contributed by atoms with Gasteiger partial charge in [0.1, 0.15) is 0 Å². The minimum absolute atomic E-state index is 0.187. The first-order valence-corrected chi connectivity index (χ1v) is 5.31. The second-order valence-corrected chi connectivity index (χ2v) is 4.43. The number of nitrogens with zero attached hydrogens (tertiary/aromatic N) is 2. The normalized spacial score (nSPS) is 19.8. The molecule has 0 saturated carbocycles. The third-order valence-electron chi connectivity index (χ3n) is 2.96. The molecule has 0 spiro atoms. The Hall–Kier alpha value is -0.780. The highest BCUT2D eigenvalue weighted by molar-refractivity contribution is 5.81. The van der Waals surface area contributed by atoms with Crippen LogP contribution in [-0.2, 0) is 4.79 Å². The van der Waals surface area contributed by atoms with Crippen LogP contribution in [0.5, 0.6) is 0 Å². The largest absolute Gasteiger partial charge is 0.471 e. The third-order valence-corrected chi connectivity index (χ3v) is 2.96. The van der Waals surface area contributed by atoms with Crippen molar-refractivity contribution in [2.75, 3.05) is 33.7 Å². The molecule has 1 saturated heterocycles. The number of piperidine rings is 1. The van der Waals surface area contributed by atoms with Crippen molar-refractivity contribution in [2.24, 2.45) is 5.92 Å². The van der Waals surface area contributed by atoms with E-state index < -0.39 is 12.1 Å². The number of carbonyl (C=O) groups excluding carboxylic acids is 1. The van der Waals surface area contributed by atoms with E-state index in [0.717, 1.165) is 30.8 Å². The second kappa shape index (κ2) is 5.03. The standard InChI is InChI=1S/C10H17F3N2O/c1-14-5-3-8(4-6-14)7-15(2)9(16)10(11,12)13/h8H,3-7H2,1-2H3. The van der Waals surface area contributed by atoms with Crippen LogP contribution < -0.4 is 0 Å². The molecule has 1 aliphatic heterocycles. The summed E-state index contributed by atoms with van der Waals surface area (Å²) >= 11 is 0. The number of hydrogen-bond donors (Lipinski definition) is 0. The molecule has 0 aromatic carbocycles. The Kier molecular flexibility index (Phi) is 4.18. The number of hydrogen-bond acceptors (Lipinski definition) is 2. The fraction of sp³-hybridized carbons (Fsp3) is 0.900. The highest BCUT2D eigenvalue weighted by Gasteiger charge is 2.41. The molecule has 0 bridgehead atoms. The second-order valence-electron chi connectivity index (χ2n) is 4.43. The zero-order valence-electron chi connectivity index (χ0n) is 9.55. The molecule has 1 amide bonds. The van der Waals surface area contributed by atoms with E-state index >= 15 is 0 Å². The molecule has 16 heavy (non-hydrogen) atoms. The maximum absolute atomic E-state index is 12.1. The summed E-state index contributed by atoms with van der Waals surface area (Å²) in [7, 11) is 3.20. The monoisotopic (exact) mass is 238 g/mol. The summed E-state index contributed by atoms with van der Waals surface area (Å²) in [6.07, 6.45) is -3.04. The molecule has 94 valence electrons. The van der Waals surface area contributed by atoms with Crippen LogP contribution in [0.3, 0.4) is 0 Å². The van der Waals surface area contributed by atoms with Crippen molar-refractivity contribution in [1.82, 2.24) is 9.80 Å². The first-order valence-electron chi connectivity index (χ1n) is 5.31. The van der Waals surface area contributed by atoms with E-state index in [2.05, 4.69) is 4.90 Å². The van der Waals surface area contributed by atoms with Gasteiger partial charge in [-0.05, 0) is 38.9 Å². The van der Waals surface area contributed by atoms with Crippen molar-refractivity contribution in [1.29, 1.82) is 0 Å². The van der Waals surface area contributed by atoms with Gasteiger partial charge in [0.15, 0.2) is 0 Å². The van der Waals surface area contributed by atoms with E-state index in [1.165, 1.54) is 7.05 Å². The van der Waals surface area contributed by atoms with Crippen molar-refractivity contribution in [3.8, 4) is 0 Å². The lowest BCUT2D eigenvalue weighted by atomic mass is 9.97. The van der Waals surface area contributed by atoms with Crippen LogP contribution in [0.4, 0.5) is 13.2 Å². The number of likely N-dealkylation sites (tertiary alicyclic amines) is 1. The molecule has 0 aromatic heterocycles. The summed E-state index contributed by atoms with van der Waals surface area (Å²) in [4.78, 5) is 13.8. The van der Waals surface area contributed by atoms with Gasteiger partial charge in [0.2, 0.25) is 0 Å². The van der Waals surface area contributed by atoms with Gasteiger partial charge >= 0.3 is 12.1 Å². The highest BCUT2D eigenvalue weighted by atomic mass is 19.4. The van der Waals surface area contributed by atoms with Crippen molar-refractivity contribution in [3.05, 3.63) is 0 Å². The maximum atomic E-state index is 12.1. The molecule has 1 heterocycles. The topological polar surface area (TPSA) is 23.6 Å². The van der Waals surface area contributed by atoms with Crippen LogP contribution in [0.15, 0.2) is 0 Å². The number of rotatable bonds is 2. The lowest BCUT2D eigenvalue weighted by Gasteiger charge is -2.31. The average molecular weight is 238 g/mol. The zero-order valence-corrected chi connectivity index (χ0v) is 9.55. The van der Waals surface area contributed by atoms with Crippen LogP contribution in [0.1, 0.15) is 12.8 Å². The molecule has 0 N–H and O–H groups in total. The average Bonchev–Trinajstić information content (AvgIpc) is 2.19. The Bertz CT molecular complexity index is 247. The molecule has 1 fully saturated rings. The van der Waals surface area contributed by atoms with Crippen LogP contribution >= 0.6 is 0 Å². The van der Waals surface area contributed by atoms with E-state index in [4.69, 9.17) is 0 Å². The van der Waals surface area contributed by atoms with E-state index in [-0.39, 0.29) is 12.5 Å². The smallest absolute Gasteiger partial charge is 0.338 e. The molecule has 6 heteroatoms. The van der Waals surface area contributed by atoms with Crippen LogP contribution in [0, 0.1) is 5.92 Å². The molecule has 0 unspecified atom stereocenters. The fourth-order valence-electron chi connectivity index (χ4n) is 1.93. The fourth-order valence-corrected chi connectivity index (χ4v) is 1.93. The lowest BCUT2D eigenvalue weighted by molar-refractivity contribution is -0.184. The van der Waals surface area contributed by atoms with Gasteiger partial charge in [-0.1, -0.05) is 0 Å². The van der Waals surface area contributed by atoms with Crippen molar-refractivity contribution < 1.29 is 18.0 Å². The van der Waals surface area contributed by atoms with Gasteiger partial charge in [-0.3, -0.25) is 4.79 Å². The van der Waals surface area contributed by atoms with E-state index in [1.54, 1.807) is 0 Å². The number of alkyl halides is 3. The first kappa shape index (κ1) is 13.3. The van der Waals surface area contributed by atoms with Crippen molar-refractivity contribution >= 4 is 5.91 Å². The van der Waals surface area contributed by atoms with Gasteiger partial charge in [0, 0.05) is 13.6 Å². The zero-order chi connectivity index (χ0) is 12.3. The van der Waals surface area contributed by atoms with E-state index in [0.29, 0.717) is 0 Å². The minimum atomic E-state index is -4.75. The molecule has 0 radical (unpaired) electrons. The SMILES string of the molecule is CN1CCC(CN(C)C(=O)C(F)(F)F)CC1. The van der Waals surface area contributed by atoms with Gasteiger partial charge in [-0.25, -0.2) is 0 Å². The summed E-state index contributed by atoms with van der Waals surface area (Å²) in [6, 6.07) is 0. The van der Waals surface area contributed by atoms with Gasteiger partial charge in [0.25, 0.3) is 0 Å². The van der Waals surface area contributed by atoms with Crippen LogP contribution in [0.25, 0.3) is 0 Å².